The predicted molar refractivity (Wildman–Crippen MR) is 64.9 cm³/mol. The molecule has 0 radical (unpaired) electrons. The van der Waals surface area contributed by atoms with Crippen molar-refractivity contribution in [3.05, 3.63) is 22.4 Å². The summed E-state index contributed by atoms with van der Waals surface area (Å²) < 4.78 is 0. The number of hydrogen-bond acceptors (Lipinski definition) is 1. The van der Waals surface area contributed by atoms with Gasteiger partial charge in [0.15, 0.2) is 0 Å². The molecule has 2 heteroatoms. The molecular formula is C11H17BrS. The van der Waals surface area contributed by atoms with E-state index in [4.69, 9.17) is 0 Å². The van der Waals surface area contributed by atoms with Crippen LogP contribution in [0.15, 0.2) is 16.8 Å². The lowest BCUT2D eigenvalue weighted by atomic mass is 10.1. The summed E-state index contributed by atoms with van der Waals surface area (Å²) in [4.78, 5) is 0.733. The second kappa shape index (κ2) is 6.61. The maximum absolute atomic E-state index is 3.70. The Morgan fingerprint density at radius 2 is 2.31 bits per heavy atom. The fourth-order valence-electron chi connectivity index (χ4n) is 1.42. The van der Waals surface area contributed by atoms with Crippen LogP contribution >= 0.6 is 27.3 Å². The molecule has 0 nitrogen and oxygen atoms in total. The maximum atomic E-state index is 3.70. The Labute approximate surface area is 93.5 Å². The summed E-state index contributed by atoms with van der Waals surface area (Å²) in [7, 11) is 0. The van der Waals surface area contributed by atoms with E-state index in [1.807, 2.05) is 0 Å². The first-order valence-electron chi connectivity index (χ1n) is 4.98. The Balaban J connectivity index is 2.07. The van der Waals surface area contributed by atoms with Crippen LogP contribution in [0.3, 0.4) is 0 Å². The third kappa shape index (κ3) is 4.82. The second-order valence-electron chi connectivity index (χ2n) is 3.41. The Morgan fingerprint density at radius 1 is 1.46 bits per heavy atom. The third-order valence-corrected chi connectivity index (χ3v) is 3.81. The van der Waals surface area contributed by atoms with Crippen LogP contribution < -0.4 is 0 Å². The summed E-state index contributed by atoms with van der Waals surface area (Å²) in [5.74, 6) is 0. The molecule has 0 fully saturated rings. The summed E-state index contributed by atoms with van der Waals surface area (Å²) in [6.45, 7) is 2.24. The largest absolute Gasteiger partial charge is 0.152 e. The molecule has 0 aliphatic rings. The van der Waals surface area contributed by atoms with E-state index in [0.29, 0.717) is 0 Å². The van der Waals surface area contributed by atoms with Gasteiger partial charge in [0.25, 0.3) is 0 Å². The van der Waals surface area contributed by atoms with Gasteiger partial charge in [-0.25, -0.2) is 0 Å². The van der Waals surface area contributed by atoms with Crippen LogP contribution in [0.25, 0.3) is 0 Å². The number of halogens is 1. The molecular weight excluding hydrogens is 244 g/mol. The van der Waals surface area contributed by atoms with E-state index >= 15 is 0 Å². The van der Waals surface area contributed by atoms with E-state index in [2.05, 4.69) is 39.7 Å². The zero-order valence-corrected chi connectivity index (χ0v) is 10.5. The second-order valence-corrected chi connectivity index (χ2v) is 5.48. The molecule has 1 heterocycles. The van der Waals surface area contributed by atoms with Gasteiger partial charge in [-0.1, -0.05) is 29.3 Å². The van der Waals surface area contributed by atoms with Crippen molar-refractivity contribution in [1.29, 1.82) is 0 Å². The molecule has 13 heavy (non-hydrogen) atoms. The molecule has 0 aliphatic heterocycles. The Hall–Kier alpha value is 0.180. The highest BCUT2D eigenvalue weighted by atomic mass is 79.9. The molecule has 0 bridgehead atoms. The SMILES string of the molecule is CCCC(Br)CCCc1ccsc1. The number of hydrogen-bond donors (Lipinski definition) is 0. The highest BCUT2D eigenvalue weighted by Crippen LogP contribution is 2.17. The topological polar surface area (TPSA) is 0 Å². The van der Waals surface area contributed by atoms with Gasteiger partial charge in [-0.05, 0) is 48.1 Å². The fraction of sp³-hybridized carbons (Fsp3) is 0.636. The Morgan fingerprint density at radius 3 is 2.92 bits per heavy atom. The van der Waals surface area contributed by atoms with Crippen molar-refractivity contribution in [1.82, 2.24) is 0 Å². The van der Waals surface area contributed by atoms with Crippen molar-refractivity contribution in [2.45, 2.75) is 43.9 Å². The zero-order valence-electron chi connectivity index (χ0n) is 8.13. The lowest BCUT2D eigenvalue weighted by molar-refractivity contribution is 0.656. The average molecular weight is 261 g/mol. The van der Waals surface area contributed by atoms with Gasteiger partial charge in [0.2, 0.25) is 0 Å². The molecule has 0 N–H and O–H groups in total. The summed E-state index contributed by atoms with van der Waals surface area (Å²) in [6, 6.07) is 2.23. The van der Waals surface area contributed by atoms with Gasteiger partial charge < -0.3 is 0 Å². The summed E-state index contributed by atoms with van der Waals surface area (Å²) in [5.41, 5.74) is 1.50. The molecule has 1 aromatic rings. The minimum absolute atomic E-state index is 0.733. The molecule has 0 amide bonds. The summed E-state index contributed by atoms with van der Waals surface area (Å²) in [6.07, 6.45) is 6.46. The number of thiophene rings is 1. The predicted octanol–water partition coefficient (Wildman–Crippen LogP) is 4.63. The van der Waals surface area contributed by atoms with Crippen LogP contribution in [0.4, 0.5) is 0 Å². The summed E-state index contributed by atoms with van der Waals surface area (Å²) in [5, 5.41) is 4.41. The van der Waals surface area contributed by atoms with Crippen molar-refractivity contribution in [2.75, 3.05) is 0 Å². The first-order valence-corrected chi connectivity index (χ1v) is 6.84. The quantitative estimate of drug-likeness (QED) is 0.655. The van der Waals surface area contributed by atoms with Gasteiger partial charge in [-0.3, -0.25) is 0 Å². The molecule has 0 aromatic carbocycles. The number of aryl methyl sites for hydroxylation is 1. The first kappa shape index (κ1) is 11.3. The van der Waals surface area contributed by atoms with Crippen molar-refractivity contribution in [3.8, 4) is 0 Å². The lowest BCUT2D eigenvalue weighted by Crippen LogP contribution is -1.97. The number of rotatable bonds is 6. The average Bonchev–Trinajstić information content (AvgIpc) is 2.57. The van der Waals surface area contributed by atoms with Crippen molar-refractivity contribution in [3.63, 3.8) is 0 Å². The van der Waals surface area contributed by atoms with Gasteiger partial charge in [0, 0.05) is 4.83 Å². The molecule has 0 spiro atoms. The van der Waals surface area contributed by atoms with E-state index in [1.54, 1.807) is 11.3 Å². The fourth-order valence-corrected chi connectivity index (χ4v) is 2.90. The van der Waals surface area contributed by atoms with Crippen molar-refractivity contribution < 1.29 is 0 Å². The number of alkyl halides is 1. The molecule has 1 atom stereocenters. The van der Waals surface area contributed by atoms with Crippen LogP contribution in [0, 0.1) is 0 Å². The van der Waals surface area contributed by atoms with Gasteiger partial charge in [-0.15, -0.1) is 0 Å². The van der Waals surface area contributed by atoms with Crippen molar-refractivity contribution >= 4 is 27.3 Å². The van der Waals surface area contributed by atoms with Crippen LogP contribution in [0.2, 0.25) is 0 Å². The van der Waals surface area contributed by atoms with E-state index in [1.165, 1.54) is 37.7 Å². The van der Waals surface area contributed by atoms with E-state index < -0.39 is 0 Å². The van der Waals surface area contributed by atoms with Crippen LogP contribution in [-0.4, -0.2) is 4.83 Å². The maximum Gasteiger partial charge on any atom is 0.0145 e. The molecule has 0 aliphatic carbocycles. The summed E-state index contributed by atoms with van der Waals surface area (Å²) >= 11 is 5.50. The molecule has 1 unspecified atom stereocenters. The minimum atomic E-state index is 0.733. The molecule has 74 valence electrons. The zero-order chi connectivity index (χ0) is 9.52. The van der Waals surface area contributed by atoms with Gasteiger partial charge in [0.05, 0.1) is 0 Å². The normalized spacial score (nSPS) is 13.1. The first-order chi connectivity index (χ1) is 6.33. The molecule has 1 aromatic heterocycles. The molecule has 1 rings (SSSR count). The minimum Gasteiger partial charge on any atom is -0.152 e. The highest BCUT2D eigenvalue weighted by molar-refractivity contribution is 9.09. The van der Waals surface area contributed by atoms with Crippen LogP contribution in [0.5, 0.6) is 0 Å². The lowest BCUT2D eigenvalue weighted by Gasteiger charge is -2.06. The highest BCUT2D eigenvalue weighted by Gasteiger charge is 2.02. The van der Waals surface area contributed by atoms with Gasteiger partial charge in [-0.2, -0.15) is 11.3 Å². The third-order valence-electron chi connectivity index (χ3n) is 2.16. The van der Waals surface area contributed by atoms with Gasteiger partial charge in [0.1, 0.15) is 0 Å². The van der Waals surface area contributed by atoms with E-state index in [-0.39, 0.29) is 0 Å². The monoisotopic (exact) mass is 260 g/mol. The standard InChI is InChI=1S/C11H17BrS/c1-2-4-11(12)6-3-5-10-7-8-13-9-10/h7-9,11H,2-6H2,1H3. The van der Waals surface area contributed by atoms with E-state index in [0.717, 1.165) is 4.83 Å². The van der Waals surface area contributed by atoms with Crippen molar-refractivity contribution in [2.24, 2.45) is 0 Å². The van der Waals surface area contributed by atoms with Gasteiger partial charge >= 0.3 is 0 Å². The van der Waals surface area contributed by atoms with Crippen LogP contribution in [0.1, 0.15) is 38.2 Å². The van der Waals surface area contributed by atoms with Crippen LogP contribution in [-0.2, 0) is 6.42 Å². The molecule has 0 saturated heterocycles. The van der Waals surface area contributed by atoms with E-state index in [9.17, 15) is 0 Å². The Kier molecular flexibility index (Phi) is 5.72. The Bertz CT molecular complexity index is 206. The smallest absolute Gasteiger partial charge is 0.0145 e. The molecule has 0 saturated carbocycles.